The molecule has 1 aliphatic heterocycles. The molecule has 0 aromatic carbocycles. The number of nitrogens with zero attached hydrogens (tertiary/aromatic N) is 4. The lowest BCUT2D eigenvalue weighted by molar-refractivity contribution is -0.144. The first-order chi connectivity index (χ1) is 9.43. The number of hydrogen-bond donors (Lipinski definition) is 1. The van der Waals surface area contributed by atoms with Gasteiger partial charge >= 0.3 is 6.18 Å². The third kappa shape index (κ3) is 2.79. The molecule has 0 radical (unpaired) electrons. The van der Waals surface area contributed by atoms with Crippen LogP contribution >= 0.6 is 0 Å². The molecular weight excluding hydrogens is 271 g/mol. The predicted octanol–water partition coefficient (Wildman–Crippen LogP) is 1.36. The summed E-state index contributed by atoms with van der Waals surface area (Å²) in [6.07, 6.45) is -2.10. The van der Waals surface area contributed by atoms with Crippen LogP contribution in [0.5, 0.6) is 0 Å². The monoisotopic (exact) mass is 287 g/mol. The van der Waals surface area contributed by atoms with E-state index in [0.717, 1.165) is 13.1 Å². The first-order valence-corrected chi connectivity index (χ1v) is 6.64. The van der Waals surface area contributed by atoms with E-state index in [1.165, 1.54) is 18.9 Å². The second kappa shape index (κ2) is 4.76. The lowest BCUT2D eigenvalue weighted by Gasteiger charge is -2.35. The first kappa shape index (κ1) is 13.4. The van der Waals surface area contributed by atoms with Crippen molar-refractivity contribution >= 4 is 11.6 Å². The molecule has 1 aliphatic carbocycles. The molecule has 110 valence electrons. The van der Waals surface area contributed by atoms with Crippen LogP contribution in [0.25, 0.3) is 0 Å². The number of nitrogens with two attached hydrogens (primary N) is 1. The molecule has 0 amide bonds. The van der Waals surface area contributed by atoms with Crippen molar-refractivity contribution < 1.29 is 13.2 Å². The van der Waals surface area contributed by atoms with Gasteiger partial charge in [-0.25, -0.2) is 9.97 Å². The number of alkyl halides is 3. The summed E-state index contributed by atoms with van der Waals surface area (Å²) in [6.45, 7) is 3.06. The Hall–Kier alpha value is -1.57. The average Bonchev–Trinajstić information content (AvgIpc) is 3.21. The summed E-state index contributed by atoms with van der Waals surface area (Å²) in [5.74, 6) is -1.05. The van der Waals surface area contributed by atoms with E-state index in [0.29, 0.717) is 19.1 Å². The molecule has 8 heteroatoms. The van der Waals surface area contributed by atoms with Crippen LogP contribution in [-0.4, -0.2) is 47.1 Å². The second-order valence-corrected chi connectivity index (χ2v) is 5.23. The fourth-order valence-electron chi connectivity index (χ4n) is 2.50. The molecule has 0 atom stereocenters. The standard InChI is InChI=1S/C12H16F3N5/c13-12(14,15)11-17-9(16)7-10(18-11)20-5-3-19(4-6-20)8-1-2-8/h7-8H,1-6H2,(H2,16,17,18). The number of halogens is 3. The van der Waals surface area contributed by atoms with Gasteiger partial charge in [0.25, 0.3) is 0 Å². The van der Waals surface area contributed by atoms with E-state index in [9.17, 15) is 13.2 Å². The molecule has 3 rings (SSSR count). The zero-order valence-corrected chi connectivity index (χ0v) is 10.9. The van der Waals surface area contributed by atoms with E-state index in [1.807, 2.05) is 4.90 Å². The van der Waals surface area contributed by atoms with Crippen molar-refractivity contribution in [1.29, 1.82) is 0 Å². The van der Waals surface area contributed by atoms with E-state index < -0.39 is 12.0 Å². The Morgan fingerprint density at radius 2 is 1.75 bits per heavy atom. The van der Waals surface area contributed by atoms with E-state index in [-0.39, 0.29) is 11.6 Å². The van der Waals surface area contributed by atoms with Gasteiger partial charge in [0, 0.05) is 38.3 Å². The maximum atomic E-state index is 12.7. The molecule has 1 aromatic heterocycles. The Kier molecular flexibility index (Phi) is 3.19. The largest absolute Gasteiger partial charge is 0.451 e. The van der Waals surface area contributed by atoms with Crippen LogP contribution in [0.3, 0.4) is 0 Å². The van der Waals surface area contributed by atoms with Gasteiger partial charge in [0.05, 0.1) is 0 Å². The summed E-state index contributed by atoms with van der Waals surface area (Å²) in [7, 11) is 0. The van der Waals surface area contributed by atoms with Crippen LogP contribution < -0.4 is 10.6 Å². The van der Waals surface area contributed by atoms with E-state index in [1.54, 1.807) is 0 Å². The fraction of sp³-hybridized carbons (Fsp3) is 0.667. The van der Waals surface area contributed by atoms with Crippen LogP contribution in [-0.2, 0) is 6.18 Å². The van der Waals surface area contributed by atoms with E-state index in [4.69, 9.17) is 5.73 Å². The summed E-state index contributed by atoms with van der Waals surface area (Å²) < 4.78 is 38.1. The average molecular weight is 287 g/mol. The Bertz CT molecular complexity index is 492. The lowest BCUT2D eigenvalue weighted by Crippen LogP contribution is -2.47. The quantitative estimate of drug-likeness (QED) is 0.890. The molecule has 0 spiro atoms. The summed E-state index contributed by atoms with van der Waals surface area (Å²) in [6, 6.07) is 2.08. The minimum Gasteiger partial charge on any atom is -0.384 e. The highest BCUT2D eigenvalue weighted by Gasteiger charge is 2.36. The second-order valence-electron chi connectivity index (χ2n) is 5.23. The number of rotatable bonds is 2. The molecule has 20 heavy (non-hydrogen) atoms. The molecule has 2 fully saturated rings. The highest BCUT2D eigenvalue weighted by Crippen LogP contribution is 2.30. The molecule has 0 bridgehead atoms. The highest BCUT2D eigenvalue weighted by atomic mass is 19.4. The minimum atomic E-state index is -4.57. The third-order valence-corrected chi connectivity index (χ3v) is 3.69. The van der Waals surface area contributed by atoms with Crippen molar-refractivity contribution in [1.82, 2.24) is 14.9 Å². The van der Waals surface area contributed by atoms with Gasteiger partial charge in [-0.15, -0.1) is 0 Å². The van der Waals surface area contributed by atoms with Crippen LogP contribution in [0.1, 0.15) is 18.7 Å². The van der Waals surface area contributed by atoms with Crippen molar-refractivity contribution in [2.75, 3.05) is 36.8 Å². The van der Waals surface area contributed by atoms with Crippen molar-refractivity contribution in [3.05, 3.63) is 11.9 Å². The van der Waals surface area contributed by atoms with Gasteiger partial charge in [-0.3, -0.25) is 4.90 Å². The minimum absolute atomic E-state index is 0.146. The van der Waals surface area contributed by atoms with E-state index in [2.05, 4.69) is 14.9 Å². The number of piperazine rings is 1. The molecule has 0 unspecified atom stereocenters. The van der Waals surface area contributed by atoms with Crippen molar-refractivity contribution in [3.8, 4) is 0 Å². The zero-order valence-electron chi connectivity index (χ0n) is 10.9. The smallest absolute Gasteiger partial charge is 0.384 e. The van der Waals surface area contributed by atoms with Crippen molar-refractivity contribution in [2.45, 2.75) is 25.1 Å². The number of aromatic nitrogens is 2. The molecule has 1 aromatic rings. The Morgan fingerprint density at radius 1 is 1.10 bits per heavy atom. The maximum Gasteiger partial charge on any atom is 0.451 e. The molecular formula is C12H16F3N5. The predicted molar refractivity (Wildman–Crippen MR) is 68.3 cm³/mol. The van der Waals surface area contributed by atoms with Crippen LogP contribution in [0.15, 0.2) is 6.07 Å². The zero-order chi connectivity index (χ0) is 14.3. The lowest BCUT2D eigenvalue weighted by atomic mass is 10.3. The summed E-state index contributed by atoms with van der Waals surface area (Å²) in [4.78, 5) is 11.1. The van der Waals surface area contributed by atoms with Gasteiger partial charge in [-0.2, -0.15) is 13.2 Å². The fourth-order valence-corrected chi connectivity index (χ4v) is 2.50. The van der Waals surface area contributed by atoms with Gasteiger partial charge in [-0.1, -0.05) is 0 Å². The topological polar surface area (TPSA) is 58.3 Å². The molecule has 2 aliphatic rings. The van der Waals surface area contributed by atoms with Crippen molar-refractivity contribution in [3.63, 3.8) is 0 Å². The Labute approximate surface area is 114 Å². The first-order valence-electron chi connectivity index (χ1n) is 6.64. The summed E-state index contributed by atoms with van der Waals surface area (Å²) >= 11 is 0. The van der Waals surface area contributed by atoms with Crippen LogP contribution in [0.2, 0.25) is 0 Å². The van der Waals surface area contributed by atoms with Gasteiger partial charge in [-0.05, 0) is 12.8 Å². The van der Waals surface area contributed by atoms with Crippen LogP contribution in [0, 0.1) is 0 Å². The number of nitrogen functional groups attached to an aromatic ring is 1. The molecule has 2 N–H and O–H groups in total. The maximum absolute atomic E-state index is 12.7. The summed E-state index contributed by atoms with van der Waals surface area (Å²) in [5, 5.41) is 0. The SMILES string of the molecule is Nc1cc(N2CCN(C3CC3)CC2)nc(C(F)(F)F)n1. The van der Waals surface area contributed by atoms with Gasteiger partial charge in [0.1, 0.15) is 11.6 Å². The van der Waals surface area contributed by atoms with Gasteiger partial charge in [0.2, 0.25) is 5.82 Å². The normalized spacial score (nSPS) is 21.2. The molecule has 5 nitrogen and oxygen atoms in total. The Balaban J connectivity index is 1.75. The van der Waals surface area contributed by atoms with Gasteiger partial charge in [0.15, 0.2) is 0 Å². The highest BCUT2D eigenvalue weighted by molar-refractivity contribution is 5.47. The number of hydrogen-bond acceptors (Lipinski definition) is 5. The Morgan fingerprint density at radius 3 is 2.30 bits per heavy atom. The van der Waals surface area contributed by atoms with Crippen LogP contribution in [0.4, 0.5) is 24.8 Å². The molecule has 1 saturated carbocycles. The summed E-state index contributed by atoms with van der Waals surface area (Å²) in [5.41, 5.74) is 5.46. The molecule has 2 heterocycles. The number of anilines is 2. The molecule has 1 saturated heterocycles. The van der Waals surface area contributed by atoms with Gasteiger partial charge < -0.3 is 10.6 Å². The third-order valence-electron chi connectivity index (χ3n) is 3.69. The van der Waals surface area contributed by atoms with E-state index >= 15 is 0 Å². The van der Waals surface area contributed by atoms with Crippen molar-refractivity contribution in [2.24, 2.45) is 0 Å².